The van der Waals surface area contributed by atoms with Crippen molar-refractivity contribution in [3.63, 3.8) is 0 Å². The first-order valence-corrected chi connectivity index (χ1v) is 6.70. The highest BCUT2D eigenvalue weighted by molar-refractivity contribution is 7.89. The Balaban J connectivity index is 4.20. The van der Waals surface area contributed by atoms with Gasteiger partial charge in [-0.05, 0) is 26.7 Å². The van der Waals surface area contributed by atoms with Gasteiger partial charge in [-0.15, -0.1) is 11.6 Å². The van der Waals surface area contributed by atoms with E-state index in [0.29, 0.717) is 18.7 Å². The van der Waals surface area contributed by atoms with Gasteiger partial charge in [-0.3, -0.25) is 0 Å². The zero-order valence-electron chi connectivity index (χ0n) is 8.59. The molecule has 0 aliphatic carbocycles. The Morgan fingerprint density at radius 3 is 2.43 bits per heavy atom. The minimum absolute atomic E-state index is 0.0331. The van der Waals surface area contributed by atoms with Gasteiger partial charge in [0.1, 0.15) is 0 Å². The van der Waals surface area contributed by atoms with E-state index in [4.69, 9.17) is 16.7 Å². The van der Waals surface area contributed by atoms with Crippen LogP contribution >= 0.6 is 11.6 Å². The fourth-order valence-electron chi connectivity index (χ4n) is 1.05. The summed E-state index contributed by atoms with van der Waals surface area (Å²) in [6, 6.07) is 0. The largest absolute Gasteiger partial charge is 0.396 e. The molecule has 86 valence electrons. The first kappa shape index (κ1) is 14.2. The van der Waals surface area contributed by atoms with Crippen molar-refractivity contribution < 1.29 is 13.5 Å². The summed E-state index contributed by atoms with van der Waals surface area (Å²) in [5.74, 6) is 0.368. The highest BCUT2D eigenvalue weighted by atomic mass is 35.5. The van der Waals surface area contributed by atoms with E-state index in [9.17, 15) is 8.42 Å². The summed E-state index contributed by atoms with van der Waals surface area (Å²) in [6.07, 6.45) is 0.833. The van der Waals surface area contributed by atoms with Crippen LogP contribution in [0.2, 0.25) is 0 Å². The standard InChI is InChI=1S/C8H18ClNO3S/c1-8(2,4-6-11)10-14(12,13)7-3-5-9/h10-11H,3-7H2,1-2H3. The van der Waals surface area contributed by atoms with Gasteiger partial charge in [0.05, 0.1) is 5.75 Å². The number of aliphatic hydroxyl groups is 1. The Bertz CT molecular complexity index is 251. The van der Waals surface area contributed by atoms with Gasteiger partial charge in [0.15, 0.2) is 0 Å². The smallest absolute Gasteiger partial charge is 0.212 e. The van der Waals surface area contributed by atoms with Crippen molar-refractivity contribution in [1.29, 1.82) is 0 Å². The molecule has 0 aliphatic heterocycles. The first-order valence-electron chi connectivity index (χ1n) is 4.51. The summed E-state index contributed by atoms with van der Waals surface area (Å²) in [4.78, 5) is 0. The summed E-state index contributed by atoms with van der Waals surface area (Å²) >= 11 is 5.41. The molecule has 0 saturated carbocycles. The summed E-state index contributed by atoms with van der Waals surface area (Å²) in [6.45, 7) is 3.44. The zero-order chi connectivity index (χ0) is 11.2. The number of rotatable bonds is 7. The number of alkyl halides is 1. The second kappa shape index (κ2) is 5.90. The molecule has 0 aromatic rings. The number of nitrogens with one attached hydrogen (secondary N) is 1. The van der Waals surface area contributed by atoms with Gasteiger partial charge < -0.3 is 5.11 Å². The molecule has 0 spiro atoms. The van der Waals surface area contributed by atoms with Crippen LogP contribution in [0.25, 0.3) is 0 Å². The zero-order valence-corrected chi connectivity index (χ0v) is 10.2. The van der Waals surface area contributed by atoms with Gasteiger partial charge in [0.25, 0.3) is 0 Å². The van der Waals surface area contributed by atoms with E-state index >= 15 is 0 Å². The molecular weight excluding hydrogens is 226 g/mol. The van der Waals surface area contributed by atoms with E-state index in [1.165, 1.54) is 0 Å². The van der Waals surface area contributed by atoms with Crippen LogP contribution in [0.1, 0.15) is 26.7 Å². The highest BCUT2D eigenvalue weighted by Gasteiger charge is 2.23. The van der Waals surface area contributed by atoms with Crippen molar-refractivity contribution in [1.82, 2.24) is 4.72 Å². The van der Waals surface area contributed by atoms with Crippen LogP contribution in [0.15, 0.2) is 0 Å². The lowest BCUT2D eigenvalue weighted by Gasteiger charge is -2.24. The summed E-state index contributed by atoms with van der Waals surface area (Å²) in [5.41, 5.74) is -0.597. The van der Waals surface area contributed by atoms with Crippen LogP contribution < -0.4 is 4.72 Å². The van der Waals surface area contributed by atoms with Gasteiger partial charge >= 0.3 is 0 Å². The fraction of sp³-hybridized carbons (Fsp3) is 1.00. The summed E-state index contributed by atoms with van der Waals surface area (Å²) < 4.78 is 25.4. The van der Waals surface area contributed by atoms with Crippen molar-refractivity contribution in [2.45, 2.75) is 32.2 Å². The molecule has 0 rings (SSSR count). The minimum Gasteiger partial charge on any atom is -0.396 e. The topological polar surface area (TPSA) is 66.4 Å². The molecule has 4 nitrogen and oxygen atoms in total. The second-order valence-electron chi connectivity index (χ2n) is 3.82. The highest BCUT2D eigenvalue weighted by Crippen LogP contribution is 2.09. The molecule has 0 unspecified atom stereocenters. The van der Waals surface area contributed by atoms with Gasteiger partial charge in [0, 0.05) is 18.0 Å². The molecule has 0 atom stereocenters. The van der Waals surface area contributed by atoms with E-state index in [2.05, 4.69) is 4.72 Å². The van der Waals surface area contributed by atoms with Gasteiger partial charge in [-0.2, -0.15) is 0 Å². The Kier molecular flexibility index (Phi) is 5.97. The molecule has 0 aromatic carbocycles. The molecule has 6 heteroatoms. The molecule has 0 radical (unpaired) electrons. The molecule has 0 saturated heterocycles. The third-order valence-electron chi connectivity index (χ3n) is 1.72. The lowest BCUT2D eigenvalue weighted by molar-refractivity contribution is 0.246. The lowest BCUT2D eigenvalue weighted by Crippen LogP contribution is -2.44. The molecule has 0 fully saturated rings. The number of hydrogen-bond donors (Lipinski definition) is 2. The van der Waals surface area contributed by atoms with Crippen LogP contribution in [-0.2, 0) is 10.0 Å². The van der Waals surface area contributed by atoms with Crippen LogP contribution in [0.5, 0.6) is 0 Å². The van der Waals surface area contributed by atoms with Gasteiger partial charge in [-0.1, -0.05) is 0 Å². The van der Waals surface area contributed by atoms with E-state index in [0.717, 1.165) is 0 Å². The average molecular weight is 244 g/mol. The van der Waals surface area contributed by atoms with E-state index < -0.39 is 15.6 Å². The van der Waals surface area contributed by atoms with Crippen molar-refractivity contribution >= 4 is 21.6 Å². The lowest BCUT2D eigenvalue weighted by atomic mass is 10.0. The van der Waals surface area contributed by atoms with Crippen LogP contribution in [0.4, 0.5) is 0 Å². The maximum atomic E-state index is 11.4. The van der Waals surface area contributed by atoms with Crippen LogP contribution in [0.3, 0.4) is 0 Å². The monoisotopic (exact) mass is 243 g/mol. The van der Waals surface area contributed by atoms with Crippen molar-refractivity contribution in [2.24, 2.45) is 0 Å². The summed E-state index contributed by atoms with van der Waals surface area (Å²) in [7, 11) is -3.27. The van der Waals surface area contributed by atoms with E-state index in [-0.39, 0.29) is 12.4 Å². The number of halogens is 1. The Morgan fingerprint density at radius 1 is 1.43 bits per heavy atom. The van der Waals surface area contributed by atoms with Gasteiger partial charge in [0.2, 0.25) is 10.0 Å². The van der Waals surface area contributed by atoms with Crippen molar-refractivity contribution in [3.05, 3.63) is 0 Å². The van der Waals surface area contributed by atoms with Crippen LogP contribution in [-0.4, -0.2) is 37.3 Å². The molecule has 0 aromatic heterocycles. The Hall–Kier alpha value is 0.160. The molecule has 0 bridgehead atoms. The minimum atomic E-state index is -3.27. The Labute approximate surface area is 90.7 Å². The van der Waals surface area contributed by atoms with E-state index in [1.807, 2.05) is 0 Å². The van der Waals surface area contributed by atoms with Crippen LogP contribution in [0, 0.1) is 0 Å². The van der Waals surface area contributed by atoms with Crippen molar-refractivity contribution in [3.8, 4) is 0 Å². The molecule has 0 aliphatic rings. The first-order chi connectivity index (χ1) is 6.33. The third kappa shape index (κ3) is 6.59. The molecule has 2 N–H and O–H groups in total. The quantitative estimate of drug-likeness (QED) is 0.647. The molecule has 0 amide bonds. The third-order valence-corrected chi connectivity index (χ3v) is 3.67. The van der Waals surface area contributed by atoms with Crippen molar-refractivity contribution in [2.75, 3.05) is 18.2 Å². The molecule has 0 heterocycles. The van der Waals surface area contributed by atoms with E-state index in [1.54, 1.807) is 13.8 Å². The SMILES string of the molecule is CC(C)(CCO)NS(=O)(=O)CCCCl. The normalized spacial score (nSPS) is 13.1. The molecule has 14 heavy (non-hydrogen) atoms. The average Bonchev–Trinajstić information content (AvgIpc) is 1.98. The van der Waals surface area contributed by atoms with Gasteiger partial charge in [-0.25, -0.2) is 13.1 Å². The number of aliphatic hydroxyl groups excluding tert-OH is 1. The number of hydrogen-bond acceptors (Lipinski definition) is 3. The maximum Gasteiger partial charge on any atom is 0.212 e. The maximum absolute atomic E-state index is 11.4. The summed E-state index contributed by atoms with van der Waals surface area (Å²) in [5, 5.41) is 8.72. The predicted octanol–water partition coefficient (Wildman–Crippen LogP) is 0.696. The number of sulfonamides is 1. The molecular formula is C8H18ClNO3S. The Morgan fingerprint density at radius 2 is 2.00 bits per heavy atom. The predicted molar refractivity (Wildman–Crippen MR) is 58.0 cm³/mol. The fourth-order valence-corrected chi connectivity index (χ4v) is 2.91. The second-order valence-corrected chi connectivity index (χ2v) is 6.04.